The second-order valence-electron chi connectivity index (χ2n) is 5.64. The Morgan fingerprint density at radius 3 is 2.14 bits per heavy atom. The van der Waals surface area contributed by atoms with E-state index in [4.69, 9.17) is 9.84 Å². The van der Waals surface area contributed by atoms with Gasteiger partial charge in [0.15, 0.2) is 0 Å². The standard InChI is InChI=1S/C14H18N2O6/c1-9(12(17)18)15(13(19)22-14(2,3)4)10-5-7-11(8-6-10)16(20)21/h5-9H,1-4H3,(H,17,18). The van der Waals surface area contributed by atoms with Crippen LogP contribution in [0.1, 0.15) is 27.7 Å². The fraction of sp³-hybridized carbons (Fsp3) is 0.429. The molecule has 0 aliphatic carbocycles. The fourth-order valence-electron chi connectivity index (χ4n) is 1.64. The molecule has 22 heavy (non-hydrogen) atoms. The molecule has 0 aliphatic rings. The Labute approximate surface area is 127 Å². The molecule has 0 aliphatic heterocycles. The van der Waals surface area contributed by atoms with Gasteiger partial charge in [0, 0.05) is 17.8 Å². The monoisotopic (exact) mass is 310 g/mol. The zero-order chi connectivity index (χ0) is 17.1. The molecule has 0 bridgehead atoms. The largest absolute Gasteiger partial charge is 0.480 e. The van der Waals surface area contributed by atoms with Crippen LogP contribution < -0.4 is 4.90 Å². The summed E-state index contributed by atoms with van der Waals surface area (Å²) in [5, 5.41) is 19.8. The zero-order valence-corrected chi connectivity index (χ0v) is 12.8. The van der Waals surface area contributed by atoms with Crippen molar-refractivity contribution in [2.45, 2.75) is 39.3 Å². The average molecular weight is 310 g/mol. The normalized spacial score (nSPS) is 12.4. The summed E-state index contributed by atoms with van der Waals surface area (Å²) in [7, 11) is 0. The van der Waals surface area contributed by atoms with E-state index in [9.17, 15) is 19.7 Å². The molecule has 120 valence electrons. The topological polar surface area (TPSA) is 110 Å². The molecule has 8 heteroatoms. The van der Waals surface area contributed by atoms with Crippen LogP contribution in [-0.4, -0.2) is 33.7 Å². The molecule has 1 rings (SSSR count). The third-order valence-electron chi connectivity index (χ3n) is 2.67. The minimum absolute atomic E-state index is 0.157. The predicted octanol–water partition coefficient (Wildman–Crippen LogP) is 2.81. The molecule has 0 aromatic heterocycles. The molecule has 0 radical (unpaired) electrons. The van der Waals surface area contributed by atoms with Gasteiger partial charge >= 0.3 is 12.1 Å². The van der Waals surface area contributed by atoms with Gasteiger partial charge in [0.25, 0.3) is 5.69 Å². The van der Waals surface area contributed by atoms with Crippen molar-refractivity contribution in [2.75, 3.05) is 4.90 Å². The van der Waals surface area contributed by atoms with Crippen LogP contribution in [0.5, 0.6) is 0 Å². The molecule has 0 saturated carbocycles. The van der Waals surface area contributed by atoms with Gasteiger partial charge in [0.1, 0.15) is 11.6 Å². The number of carboxylic acids is 1. The van der Waals surface area contributed by atoms with Gasteiger partial charge in [-0.25, -0.2) is 9.59 Å². The average Bonchev–Trinajstić information content (AvgIpc) is 2.37. The molecule has 1 unspecified atom stereocenters. The highest BCUT2D eigenvalue weighted by molar-refractivity contribution is 5.95. The van der Waals surface area contributed by atoms with E-state index in [1.807, 2.05) is 0 Å². The number of nitro benzene ring substituents is 1. The van der Waals surface area contributed by atoms with Gasteiger partial charge < -0.3 is 9.84 Å². The summed E-state index contributed by atoms with van der Waals surface area (Å²) in [4.78, 5) is 34.4. The number of hydrogen-bond donors (Lipinski definition) is 1. The zero-order valence-electron chi connectivity index (χ0n) is 12.8. The number of amides is 1. The van der Waals surface area contributed by atoms with Gasteiger partial charge in [-0.15, -0.1) is 0 Å². The van der Waals surface area contributed by atoms with Crippen molar-refractivity contribution in [3.05, 3.63) is 34.4 Å². The maximum absolute atomic E-state index is 12.2. The maximum atomic E-state index is 12.2. The minimum Gasteiger partial charge on any atom is -0.480 e. The van der Waals surface area contributed by atoms with Crippen LogP contribution in [0.3, 0.4) is 0 Å². The lowest BCUT2D eigenvalue weighted by Gasteiger charge is -2.29. The second-order valence-corrected chi connectivity index (χ2v) is 5.64. The van der Waals surface area contributed by atoms with Crippen LogP contribution in [0, 0.1) is 10.1 Å². The van der Waals surface area contributed by atoms with Crippen molar-refractivity contribution < 1.29 is 24.4 Å². The van der Waals surface area contributed by atoms with E-state index in [1.165, 1.54) is 31.2 Å². The Morgan fingerprint density at radius 1 is 1.27 bits per heavy atom. The molecule has 0 saturated heterocycles. The van der Waals surface area contributed by atoms with E-state index in [2.05, 4.69) is 0 Å². The number of carbonyl (C=O) groups is 2. The molecular weight excluding hydrogens is 292 g/mol. The van der Waals surface area contributed by atoms with Gasteiger partial charge in [-0.3, -0.25) is 15.0 Å². The summed E-state index contributed by atoms with van der Waals surface area (Å²) in [5.41, 5.74) is -0.750. The fourth-order valence-corrected chi connectivity index (χ4v) is 1.64. The summed E-state index contributed by atoms with van der Waals surface area (Å²) in [6, 6.07) is 3.82. The smallest absolute Gasteiger partial charge is 0.415 e. The van der Waals surface area contributed by atoms with E-state index in [0.717, 1.165) is 4.90 Å². The van der Waals surface area contributed by atoms with Crippen molar-refractivity contribution in [1.29, 1.82) is 0 Å². The van der Waals surface area contributed by atoms with Gasteiger partial charge in [0.2, 0.25) is 0 Å². The van der Waals surface area contributed by atoms with Crippen LogP contribution >= 0.6 is 0 Å². The van der Waals surface area contributed by atoms with Gasteiger partial charge in [-0.1, -0.05) is 0 Å². The third kappa shape index (κ3) is 4.44. The Morgan fingerprint density at radius 2 is 1.77 bits per heavy atom. The number of carbonyl (C=O) groups excluding carboxylic acids is 1. The second kappa shape index (κ2) is 6.42. The van der Waals surface area contributed by atoms with Crippen LogP contribution in [0.15, 0.2) is 24.3 Å². The minimum atomic E-state index is -1.22. The number of non-ortho nitro benzene ring substituents is 1. The summed E-state index contributed by atoms with van der Waals surface area (Å²) in [6.45, 7) is 6.30. The number of aliphatic carboxylic acids is 1. The van der Waals surface area contributed by atoms with Gasteiger partial charge in [-0.05, 0) is 39.8 Å². The molecule has 1 N–H and O–H groups in total. The summed E-state index contributed by atoms with van der Waals surface area (Å²) < 4.78 is 5.19. The maximum Gasteiger partial charge on any atom is 0.415 e. The van der Waals surface area contributed by atoms with E-state index < -0.39 is 28.6 Å². The number of anilines is 1. The Kier molecular flexibility index (Phi) is 5.08. The lowest BCUT2D eigenvalue weighted by Crippen LogP contribution is -2.46. The van der Waals surface area contributed by atoms with Crippen LogP contribution in [0.25, 0.3) is 0 Å². The van der Waals surface area contributed by atoms with Crippen LogP contribution in [-0.2, 0) is 9.53 Å². The van der Waals surface area contributed by atoms with Crippen molar-refractivity contribution >= 4 is 23.4 Å². The van der Waals surface area contributed by atoms with E-state index in [-0.39, 0.29) is 11.4 Å². The van der Waals surface area contributed by atoms with Crippen LogP contribution in [0.2, 0.25) is 0 Å². The number of benzene rings is 1. The van der Waals surface area contributed by atoms with Gasteiger partial charge in [-0.2, -0.15) is 0 Å². The van der Waals surface area contributed by atoms with Crippen molar-refractivity contribution in [2.24, 2.45) is 0 Å². The highest BCUT2D eigenvalue weighted by Crippen LogP contribution is 2.23. The Balaban J connectivity index is 3.17. The molecule has 8 nitrogen and oxygen atoms in total. The number of carboxylic acid groups (broad SMARTS) is 1. The van der Waals surface area contributed by atoms with E-state index in [1.54, 1.807) is 20.8 Å². The number of ether oxygens (including phenoxy) is 1. The first-order valence-corrected chi connectivity index (χ1v) is 6.52. The third-order valence-corrected chi connectivity index (χ3v) is 2.67. The Hall–Kier alpha value is -2.64. The number of rotatable bonds is 4. The number of hydrogen-bond acceptors (Lipinski definition) is 5. The highest BCUT2D eigenvalue weighted by Gasteiger charge is 2.31. The van der Waals surface area contributed by atoms with E-state index >= 15 is 0 Å². The first-order valence-electron chi connectivity index (χ1n) is 6.52. The lowest BCUT2D eigenvalue weighted by atomic mass is 10.2. The molecule has 1 aromatic rings. The number of nitro groups is 1. The molecular formula is C14H18N2O6. The molecule has 1 aromatic carbocycles. The van der Waals surface area contributed by atoms with Crippen LogP contribution in [0.4, 0.5) is 16.2 Å². The highest BCUT2D eigenvalue weighted by atomic mass is 16.6. The van der Waals surface area contributed by atoms with Crippen molar-refractivity contribution in [3.63, 3.8) is 0 Å². The quantitative estimate of drug-likeness (QED) is 0.676. The Bertz CT molecular complexity index is 576. The molecule has 0 fully saturated rings. The summed E-state index contributed by atoms with van der Waals surface area (Å²) >= 11 is 0. The lowest BCUT2D eigenvalue weighted by molar-refractivity contribution is -0.384. The molecule has 0 spiro atoms. The van der Waals surface area contributed by atoms with E-state index in [0.29, 0.717) is 0 Å². The summed E-state index contributed by atoms with van der Waals surface area (Å²) in [6.07, 6.45) is -0.837. The predicted molar refractivity (Wildman–Crippen MR) is 78.9 cm³/mol. The van der Waals surface area contributed by atoms with Crippen molar-refractivity contribution in [3.8, 4) is 0 Å². The summed E-state index contributed by atoms with van der Waals surface area (Å²) in [5.74, 6) is -1.22. The molecule has 0 heterocycles. The molecule has 1 amide bonds. The first kappa shape index (κ1) is 17.4. The van der Waals surface area contributed by atoms with Gasteiger partial charge in [0.05, 0.1) is 4.92 Å². The molecule has 1 atom stereocenters. The SMILES string of the molecule is CC(C(=O)O)N(C(=O)OC(C)(C)C)c1ccc([N+](=O)[O-])cc1. The first-order chi connectivity index (χ1) is 10.0. The van der Waals surface area contributed by atoms with Crippen molar-refractivity contribution in [1.82, 2.24) is 0 Å². The number of nitrogens with zero attached hydrogens (tertiary/aromatic N) is 2.